The zero-order chi connectivity index (χ0) is 17.9. The quantitative estimate of drug-likeness (QED) is 0.797. The first kappa shape index (κ1) is 16.6. The van der Waals surface area contributed by atoms with Gasteiger partial charge in [0.15, 0.2) is 0 Å². The lowest BCUT2D eigenvalue weighted by Crippen LogP contribution is -2.35. The van der Waals surface area contributed by atoms with Crippen LogP contribution in [0.2, 0.25) is 0 Å². The average Bonchev–Trinajstić information content (AvgIpc) is 2.69. The monoisotopic (exact) mass is 345 g/mol. The Morgan fingerprint density at radius 3 is 2.92 bits per heavy atom. The number of aromatic nitrogens is 1. The summed E-state index contributed by atoms with van der Waals surface area (Å²) in [5.41, 5.74) is 4.01. The maximum Gasteiger partial charge on any atom is 0.0969 e. The number of nitrogens with zero attached hydrogens (tertiary/aromatic N) is 2. The Hall–Kier alpha value is -2.84. The van der Waals surface area contributed by atoms with Crippen molar-refractivity contribution < 1.29 is 0 Å². The maximum absolute atomic E-state index is 9.36. The number of pyridine rings is 1. The number of hydrogen-bond donors (Lipinski definition) is 3. The van der Waals surface area contributed by atoms with Gasteiger partial charge in [-0.15, -0.1) is 0 Å². The Balaban J connectivity index is 1.74. The molecule has 132 valence electrons. The molecule has 0 saturated carbocycles. The highest BCUT2D eigenvalue weighted by atomic mass is 15.0. The molecule has 5 nitrogen and oxygen atoms in total. The number of anilines is 1. The fraction of sp³-hybridized carbons (Fsp3) is 0.333. The summed E-state index contributed by atoms with van der Waals surface area (Å²) in [5, 5.41) is 22.1. The molecule has 2 aliphatic rings. The molecule has 1 saturated heterocycles. The van der Waals surface area contributed by atoms with Gasteiger partial charge in [-0.1, -0.05) is 0 Å². The number of hydrogen-bond acceptors (Lipinski definition) is 5. The van der Waals surface area contributed by atoms with E-state index in [1.807, 2.05) is 37.7 Å². The van der Waals surface area contributed by atoms with Gasteiger partial charge in [-0.05, 0) is 73.7 Å². The van der Waals surface area contributed by atoms with Crippen molar-refractivity contribution in [2.24, 2.45) is 0 Å². The molecule has 26 heavy (non-hydrogen) atoms. The number of piperidine rings is 1. The Morgan fingerprint density at radius 1 is 1.27 bits per heavy atom. The predicted molar refractivity (Wildman–Crippen MR) is 106 cm³/mol. The van der Waals surface area contributed by atoms with Crippen LogP contribution in [0.3, 0.4) is 0 Å². The van der Waals surface area contributed by atoms with Crippen LogP contribution in [0.5, 0.6) is 0 Å². The molecule has 1 aromatic heterocycles. The van der Waals surface area contributed by atoms with Crippen molar-refractivity contribution in [2.45, 2.75) is 31.8 Å². The molecule has 0 radical (unpaired) electrons. The van der Waals surface area contributed by atoms with Crippen molar-refractivity contribution in [3.8, 4) is 6.07 Å². The summed E-state index contributed by atoms with van der Waals surface area (Å²) >= 11 is 0. The van der Waals surface area contributed by atoms with E-state index >= 15 is 0 Å². The zero-order valence-electron chi connectivity index (χ0n) is 14.9. The van der Waals surface area contributed by atoms with Gasteiger partial charge in [-0.3, -0.25) is 4.98 Å². The minimum atomic E-state index is 0.0562. The van der Waals surface area contributed by atoms with Gasteiger partial charge in [0.1, 0.15) is 0 Å². The van der Waals surface area contributed by atoms with Crippen LogP contribution < -0.4 is 16.0 Å². The molecule has 3 N–H and O–H groups in total. The maximum atomic E-state index is 9.36. The van der Waals surface area contributed by atoms with E-state index < -0.39 is 0 Å². The van der Waals surface area contributed by atoms with Crippen LogP contribution in [0.1, 0.15) is 25.3 Å². The Bertz CT molecular complexity index is 916. The molecule has 1 unspecified atom stereocenters. The van der Waals surface area contributed by atoms with Gasteiger partial charge in [0, 0.05) is 35.7 Å². The first-order valence-corrected chi connectivity index (χ1v) is 9.18. The second-order valence-electron chi connectivity index (χ2n) is 6.99. The Kier molecular flexibility index (Phi) is 4.59. The second kappa shape index (κ2) is 7.19. The predicted octanol–water partition coefficient (Wildman–Crippen LogP) is 3.18. The molecule has 2 aromatic rings. The number of dihydropyridines is 1. The van der Waals surface area contributed by atoms with Crippen LogP contribution in [0.15, 0.2) is 48.4 Å². The van der Waals surface area contributed by atoms with E-state index in [1.165, 1.54) is 0 Å². The summed E-state index contributed by atoms with van der Waals surface area (Å²) in [4.78, 5) is 4.31. The van der Waals surface area contributed by atoms with E-state index in [2.05, 4.69) is 39.1 Å². The summed E-state index contributed by atoms with van der Waals surface area (Å²) in [6, 6.07) is 9.21. The highest BCUT2D eigenvalue weighted by Crippen LogP contribution is 2.31. The zero-order valence-corrected chi connectivity index (χ0v) is 14.9. The van der Waals surface area contributed by atoms with Crippen molar-refractivity contribution in [1.29, 1.82) is 5.26 Å². The number of nitriles is 1. The van der Waals surface area contributed by atoms with E-state index in [9.17, 15) is 5.26 Å². The molecular weight excluding hydrogens is 322 g/mol. The van der Waals surface area contributed by atoms with Gasteiger partial charge < -0.3 is 16.0 Å². The van der Waals surface area contributed by atoms with E-state index in [0.29, 0.717) is 6.04 Å². The number of rotatable bonds is 3. The molecule has 1 aromatic carbocycles. The van der Waals surface area contributed by atoms with Crippen molar-refractivity contribution in [2.75, 3.05) is 18.4 Å². The topological polar surface area (TPSA) is 72.8 Å². The first-order chi connectivity index (χ1) is 12.7. The molecule has 0 aliphatic carbocycles. The molecule has 0 spiro atoms. The van der Waals surface area contributed by atoms with Gasteiger partial charge in [0.25, 0.3) is 0 Å². The Morgan fingerprint density at radius 2 is 2.12 bits per heavy atom. The van der Waals surface area contributed by atoms with Crippen LogP contribution in [0, 0.1) is 11.3 Å². The number of fused-ring (bicyclic) bond motifs is 1. The van der Waals surface area contributed by atoms with Crippen LogP contribution in [-0.4, -0.2) is 30.2 Å². The highest BCUT2D eigenvalue weighted by Gasteiger charge is 2.17. The molecule has 2 aliphatic heterocycles. The molecule has 3 heterocycles. The van der Waals surface area contributed by atoms with Gasteiger partial charge >= 0.3 is 0 Å². The van der Waals surface area contributed by atoms with Crippen molar-refractivity contribution in [3.05, 3.63) is 54.0 Å². The van der Waals surface area contributed by atoms with Crippen molar-refractivity contribution in [1.82, 2.24) is 15.6 Å². The van der Waals surface area contributed by atoms with E-state index in [1.54, 1.807) is 0 Å². The highest BCUT2D eigenvalue weighted by molar-refractivity contribution is 5.97. The fourth-order valence-electron chi connectivity index (χ4n) is 3.61. The van der Waals surface area contributed by atoms with Gasteiger partial charge in [0.2, 0.25) is 0 Å². The van der Waals surface area contributed by atoms with Crippen LogP contribution in [-0.2, 0) is 0 Å². The van der Waals surface area contributed by atoms with Gasteiger partial charge in [-0.2, -0.15) is 5.26 Å². The molecule has 5 heteroatoms. The SMILES string of the molecule is CC1NC=C(c2cc(NC3CCNCC3)c3cnccc3c2)C=C1C#N. The standard InChI is InChI=1S/C21H23N5/c1-14-17(11-22)9-18(12-25-14)16-8-15-2-5-24-13-20(15)21(10-16)26-19-3-6-23-7-4-19/h2,5,8-10,12-14,19,23,25-26H,3-4,6-7H2,1H3. The summed E-state index contributed by atoms with van der Waals surface area (Å²) in [5.74, 6) is 0. The third-order valence-electron chi connectivity index (χ3n) is 5.18. The third-order valence-corrected chi connectivity index (χ3v) is 5.18. The summed E-state index contributed by atoms with van der Waals surface area (Å²) in [6.45, 7) is 4.10. The van der Waals surface area contributed by atoms with Crippen LogP contribution in [0.4, 0.5) is 5.69 Å². The second-order valence-corrected chi connectivity index (χ2v) is 6.99. The Labute approximate surface area is 153 Å². The summed E-state index contributed by atoms with van der Waals surface area (Å²) < 4.78 is 0. The van der Waals surface area contributed by atoms with E-state index in [4.69, 9.17) is 0 Å². The third kappa shape index (κ3) is 3.29. The fourth-order valence-corrected chi connectivity index (χ4v) is 3.61. The van der Waals surface area contributed by atoms with Gasteiger partial charge in [0.05, 0.1) is 17.7 Å². The number of allylic oxidation sites excluding steroid dienone is 2. The lowest BCUT2D eigenvalue weighted by atomic mass is 9.95. The minimum Gasteiger partial charge on any atom is -0.383 e. The van der Waals surface area contributed by atoms with Crippen LogP contribution >= 0.6 is 0 Å². The first-order valence-electron chi connectivity index (χ1n) is 9.18. The molecule has 1 atom stereocenters. The normalized spacial score (nSPS) is 20.7. The van der Waals surface area contributed by atoms with Crippen molar-refractivity contribution >= 4 is 22.0 Å². The largest absolute Gasteiger partial charge is 0.383 e. The van der Waals surface area contributed by atoms with Crippen LogP contribution in [0.25, 0.3) is 16.3 Å². The molecule has 1 fully saturated rings. The molecule has 0 bridgehead atoms. The van der Waals surface area contributed by atoms with Gasteiger partial charge in [-0.25, -0.2) is 0 Å². The smallest absolute Gasteiger partial charge is 0.0969 e. The number of benzene rings is 1. The minimum absolute atomic E-state index is 0.0562. The number of nitrogens with one attached hydrogen (secondary N) is 3. The lowest BCUT2D eigenvalue weighted by Gasteiger charge is -2.26. The van der Waals surface area contributed by atoms with Crippen molar-refractivity contribution in [3.63, 3.8) is 0 Å². The molecule has 0 amide bonds. The van der Waals surface area contributed by atoms with E-state index in [0.717, 1.165) is 59.1 Å². The van der Waals surface area contributed by atoms with E-state index in [-0.39, 0.29) is 6.04 Å². The lowest BCUT2D eigenvalue weighted by molar-refractivity contribution is 0.479. The summed E-state index contributed by atoms with van der Waals surface area (Å²) in [7, 11) is 0. The average molecular weight is 345 g/mol. The molecular formula is C21H23N5. The molecule has 4 rings (SSSR count). The summed E-state index contributed by atoms with van der Waals surface area (Å²) in [6.07, 6.45) is 9.97.